The Bertz CT molecular complexity index is 463. The lowest BCUT2D eigenvalue weighted by Crippen LogP contribution is -2.24. The van der Waals surface area contributed by atoms with Crippen LogP contribution < -0.4 is 5.32 Å². The minimum atomic E-state index is -1.26. The Kier molecular flexibility index (Phi) is 5.56. The SMILES string of the molecule is CNCCC(O)C(O)c1ccc([N+](=O)[O-])cc1C=O. The molecule has 1 aromatic carbocycles. The van der Waals surface area contributed by atoms with Crippen molar-refractivity contribution in [2.45, 2.75) is 18.6 Å². The summed E-state index contributed by atoms with van der Waals surface area (Å²) in [5.41, 5.74) is -0.0443. The van der Waals surface area contributed by atoms with Gasteiger partial charge in [-0.3, -0.25) is 14.9 Å². The largest absolute Gasteiger partial charge is 0.390 e. The van der Waals surface area contributed by atoms with Crippen LogP contribution in [0.2, 0.25) is 0 Å². The molecule has 7 nitrogen and oxygen atoms in total. The van der Waals surface area contributed by atoms with Crippen molar-refractivity contribution >= 4 is 12.0 Å². The lowest BCUT2D eigenvalue weighted by Gasteiger charge is -2.19. The molecule has 0 fully saturated rings. The van der Waals surface area contributed by atoms with Gasteiger partial charge in [-0.2, -0.15) is 0 Å². The highest BCUT2D eigenvalue weighted by Gasteiger charge is 2.22. The molecule has 0 radical (unpaired) electrons. The number of benzene rings is 1. The van der Waals surface area contributed by atoms with Crippen molar-refractivity contribution in [3.8, 4) is 0 Å². The first-order chi connectivity index (χ1) is 9.01. The number of aliphatic hydroxyl groups excluding tert-OH is 2. The van der Waals surface area contributed by atoms with Crippen LogP contribution in [0.1, 0.15) is 28.4 Å². The topological polar surface area (TPSA) is 113 Å². The summed E-state index contributed by atoms with van der Waals surface area (Å²) in [5.74, 6) is 0. The molecular formula is C12H16N2O5. The first-order valence-corrected chi connectivity index (χ1v) is 5.75. The highest BCUT2D eigenvalue weighted by Crippen LogP contribution is 2.25. The van der Waals surface area contributed by atoms with Crippen LogP contribution in [-0.4, -0.2) is 41.1 Å². The molecule has 19 heavy (non-hydrogen) atoms. The van der Waals surface area contributed by atoms with Gasteiger partial charge in [-0.15, -0.1) is 0 Å². The van der Waals surface area contributed by atoms with Gasteiger partial charge < -0.3 is 15.5 Å². The number of hydrogen-bond donors (Lipinski definition) is 3. The number of aliphatic hydroxyl groups is 2. The summed E-state index contributed by atoms with van der Waals surface area (Å²) in [6, 6.07) is 3.56. The molecule has 0 bridgehead atoms. The van der Waals surface area contributed by atoms with Crippen LogP contribution in [0, 0.1) is 10.1 Å². The van der Waals surface area contributed by atoms with E-state index in [2.05, 4.69) is 5.32 Å². The third-order valence-electron chi connectivity index (χ3n) is 2.78. The number of nitrogens with one attached hydrogen (secondary N) is 1. The molecule has 0 saturated heterocycles. The first-order valence-electron chi connectivity index (χ1n) is 5.75. The van der Waals surface area contributed by atoms with Crippen molar-refractivity contribution in [2.24, 2.45) is 0 Å². The van der Waals surface area contributed by atoms with Crippen LogP contribution >= 0.6 is 0 Å². The predicted octanol–water partition coefficient (Wildman–Crippen LogP) is 0.411. The molecule has 1 rings (SSSR count). The van der Waals surface area contributed by atoms with Gasteiger partial charge in [0.2, 0.25) is 0 Å². The molecule has 3 N–H and O–H groups in total. The number of nitrogens with zero attached hydrogens (tertiary/aromatic N) is 1. The van der Waals surface area contributed by atoms with Crippen molar-refractivity contribution in [1.82, 2.24) is 5.32 Å². The van der Waals surface area contributed by atoms with Gasteiger partial charge in [0.1, 0.15) is 6.10 Å². The predicted molar refractivity (Wildman–Crippen MR) is 68.0 cm³/mol. The summed E-state index contributed by atoms with van der Waals surface area (Å²) < 4.78 is 0. The standard InChI is InChI=1S/C12H16N2O5/c1-13-5-4-11(16)12(17)10-3-2-9(14(18)19)6-8(10)7-15/h2-3,6-7,11-13,16-17H,4-5H2,1H3. The number of rotatable bonds is 7. The molecule has 0 aliphatic rings. The van der Waals surface area contributed by atoms with E-state index in [9.17, 15) is 25.1 Å². The van der Waals surface area contributed by atoms with E-state index < -0.39 is 17.1 Å². The number of non-ortho nitro benzene ring substituents is 1. The Morgan fingerprint density at radius 2 is 2.16 bits per heavy atom. The number of carbonyl (C=O) groups is 1. The van der Waals surface area contributed by atoms with Crippen LogP contribution in [0.4, 0.5) is 5.69 Å². The van der Waals surface area contributed by atoms with E-state index in [1.54, 1.807) is 7.05 Å². The van der Waals surface area contributed by atoms with Crippen molar-refractivity contribution in [2.75, 3.05) is 13.6 Å². The maximum Gasteiger partial charge on any atom is 0.270 e. The third kappa shape index (κ3) is 3.82. The second-order valence-electron chi connectivity index (χ2n) is 4.09. The molecule has 2 atom stereocenters. The second kappa shape index (κ2) is 6.93. The van der Waals surface area contributed by atoms with Gasteiger partial charge in [0.05, 0.1) is 11.0 Å². The number of nitro benzene ring substituents is 1. The monoisotopic (exact) mass is 268 g/mol. The van der Waals surface area contributed by atoms with Crippen LogP contribution in [0.15, 0.2) is 18.2 Å². The van der Waals surface area contributed by atoms with Gasteiger partial charge in [-0.25, -0.2) is 0 Å². The maximum atomic E-state index is 10.9. The van der Waals surface area contributed by atoms with E-state index in [1.807, 2.05) is 0 Å². The highest BCUT2D eigenvalue weighted by atomic mass is 16.6. The van der Waals surface area contributed by atoms with Gasteiger partial charge in [0.25, 0.3) is 5.69 Å². The fourth-order valence-corrected chi connectivity index (χ4v) is 1.70. The average Bonchev–Trinajstić information content (AvgIpc) is 2.42. The van der Waals surface area contributed by atoms with Gasteiger partial charge >= 0.3 is 0 Å². The van der Waals surface area contributed by atoms with Gasteiger partial charge in [-0.05, 0) is 31.6 Å². The molecule has 104 valence electrons. The minimum absolute atomic E-state index is 0.00482. The molecular weight excluding hydrogens is 252 g/mol. The van der Waals surface area contributed by atoms with E-state index in [4.69, 9.17) is 0 Å². The van der Waals surface area contributed by atoms with Crippen LogP contribution in [-0.2, 0) is 0 Å². The molecule has 0 aromatic heterocycles. The number of carbonyl (C=O) groups excluding carboxylic acids is 1. The zero-order valence-electron chi connectivity index (χ0n) is 10.4. The summed E-state index contributed by atoms with van der Waals surface area (Å²) in [5, 5.41) is 33.1. The quantitative estimate of drug-likeness (QED) is 0.375. The van der Waals surface area contributed by atoms with E-state index in [0.29, 0.717) is 19.3 Å². The van der Waals surface area contributed by atoms with Crippen molar-refractivity contribution in [3.05, 3.63) is 39.4 Å². The zero-order valence-corrected chi connectivity index (χ0v) is 10.4. The summed E-state index contributed by atoms with van der Waals surface area (Å²) in [6.07, 6.45) is -1.58. The molecule has 1 aromatic rings. The van der Waals surface area contributed by atoms with Gasteiger partial charge in [0, 0.05) is 17.7 Å². The molecule has 0 aliphatic heterocycles. The molecule has 0 aliphatic carbocycles. The minimum Gasteiger partial charge on any atom is -0.390 e. The molecule has 0 saturated carbocycles. The normalized spacial score (nSPS) is 13.8. The Hall–Kier alpha value is -1.83. The summed E-state index contributed by atoms with van der Waals surface area (Å²) in [4.78, 5) is 20.9. The van der Waals surface area contributed by atoms with E-state index in [-0.39, 0.29) is 16.8 Å². The van der Waals surface area contributed by atoms with E-state index >= 15 is 0 Å². The fraction of sp³-hybridized carbons (Fsp3) is 0.417. The van der Waals surface area contributed by atoms with Crippen LogP contribution in [0.25, 0.3) is 0 Å². The Morgan fingerprint density at radius 3 is 2.68 bits per heavy atom. The summed E-state index contributed by atoms with van der Waals surface area (Å²) in [6.45, 7) is 0.502. The number of nitro groups is 1. The molecule has 0 amide bonds. The summed E-state index contributed by atoms with van der Waals surface area (Å²) in [7, 11) is 1.71. The number of aldehydes is 1. The van der Waals surface area contributed by atoms with Crippen molar-refractivity contribution < 1.29 is 19.9 Å². The van der Waals surface area contributed by atoms with Crippen molar-refractivity contribution in [1.29, 1.82) is 0 Å². The smallest absolute Gasteiger partial charge is 0.270 e. The third-order valence-corrected chi connectivity index (χ3v) is 2.78. The Morgan fingerprint density at radius 1 is 1.47 bits per heavy atom. The second-order valence-corrected chi connectivity index (χ2v) is 4.09. The van der Waals surface area contributed by atoms with Crippen LogP contribution in [0.5, 0.6) is 0 Å². The highest BCUT2D eigenvalue weighted by molar-refractivity contribution is 5.79. The van der Waals surface area contributed by atoms with E-state index in [0.717, 1.165) is 6.07 Å². The zero-order chi connectivity index (χ0) is 14.4. The fourth-order valence-electron chi connectivity index (χ4n) is 1.70. The summed E-state index contributed by atoms with van der Waals surface area (Å²) >= 11 is 0. The van der Waals surface area contributed by atoms with E-state index in [1.165, 1.54) is 12.1 Å². The average molecular weight is 268 g/mol. The molecule has 0 heterocycles. The molecule has 2 unspecified atom stereocenters. The lowest BCUT2D eigenvalue weighted by atomic mass is 9.97. The van der Waals surface area contributed by atoms with Gasteiger partial charge in [-0.1, -0.05) is 0 Å². The number of hydrogen-bond acceptors (Lipinski definition) is 6. The van der Waals surface area contributed by atoms with Gasteiger partial charge in [0.15, 0.2) is 6.29 Å². The maximum absolute atomic E-state index is 10.9. The molecule has 0 spiro atoms. The van der Waals surface area contributed by atoms with Crippen molar-refractivity contribution in [3.63, 3.8) is 0 Å². The first kappa shape index (κ1) is 15.2. The molecule has 7 heteroatoms. The Labute approximate surface area is 110 Å². The Balaban J connectivity index is 2.99. The lowest BCUT2D eigenvalue weighted by molar-refractivity contribution is -0.384. The van der Waals surface area contributed by atoms with Crippen LogP contribution in [0.3, 0.4) is 0 Å².